The number of esters is 1. The molecule has 7 nitrogen and oxygen atoms in total. The van der Waals surface area contributed by atoms with Gasteiger partial charge in [0.25, 0.3) is 5.91 Å². The van der Waals surface area contributed by atoms with Crippen molar-refractivity contribution in [3.05, 3.63) is 58.6 Å². The van der Waals surface area contributed by atoms with Gasteiger partial charge in [0.1, 0.15) is 23.1 Å². The van der Waals surface area contributed by atoms with E-state index in [0.29, 0.717) is 27.8 Å². The lowest BCUT2D eigenvalue weighted by Gasteiger charge is -2.15. The number of halogens is 1. The monoisotopic (exact) mass is 414 g/mol. The molecule has 0 fully saturated rings. The molecule has 2 rings (SSSR count). The van der Waals surface area contributed by atoms with Gasteiger partial charge in [0.2, 0.25) is 0 Å². The fourth-order valence-electron chi connectivity index (χ4n) is 2.29. The van der Waals surface area contributed by atoms with Crippen LogP contribution >= 0.6 is 11.6 Å². The summed E-state index contributed by atoms with van der Waals surface area (Å²) in [5.74, 6) is -0.465. The normalized spacial score (nSPS) is 11.8. The van der Waals surface area contributed by atoms with Crippen molar-refractivity contribution in [2.75, 3.05) is 19.5 Å². The number of carbonyl (C=O) groups is 2. The molecule has 0 aliphatic rings. The molecule has 0 heterocycles. The van der Waals surface area contributed by atoms with Gasteiger partial charge in [0, 0.05) is 5.02 Å². The Hall–Kier alpha value is -3.50. The zero-order valence-corrected chi connectivity index (χ0v) is 16.8. The Morgan fingerprint density at radius 3 is 2.41 bits per heavy atom. The van der Waals surface area contributed by atoms with Crippen LogP contribution in [0.4, 0.5) is 5.69 Å². The molecule has 2 aromatic rings. The Morgan fingerprint density at radius 2 is 1.83 bits per heavy atom. The molecule has 1 amide bonds. The SMILES string of the molecule is COc1ccc(/C=C(\C#N)C(=O)O[C@@H](C)C(=O)Nc2cc(Cl)ccc2OC)cc1. The highest BCUT2D eigenvalue weighted by molar-refractivity contribution is 6.31. The van der Waals surface area contributed by atoms with Crippen molar-refractivity contribution >= 4 is 35.2 Å². The molecule has 0 saturated heterocycles. The zero-order valence-electron chi connectivity index (χ0n) is 16.1. The van der Waals surface area contributed by atoms with Gasteiger partial charge in [-0.3, -0.25) is 4.79 Å². The molecule has 2 aromatic carbocycles. The number of rotatable bonds is 7. The van der Waals surface area contributed by atoms with E-state index in [9.17, 15) is 14.9 Å². The molecule has 0 aromatic heterocycles. The largest absolute Gasteiger partial charge is 0.497 e. The Labute approximate surface area is 173 Å². The van der Waals surface area contributed by atoms with Crippen molar-refractivity contribution in [2.24, 2.45) is 0 Å². The van der Waals surface area contributed by atoms with Crippen LogP contribution in [0.2, 0.25) is 5.02 Å². The van der Waals surface area contributed by atoms with E-state index < -0.39 is 18.0 Å². The van der Waals surface area contributed by atoms with Gasteiger partial charge in [0.15, 0.2) is 6.10 Å². The van der Waals surface area contributed by atoms with Crippen LogP contribution in [0.15, 0.2) is 48.0 Å². The van der Waals surface area contributed by atoms with E-state index in [4.69, 9.17) is 25.8 Å². The lowest BCUT2D eigenvalue weighted by molar-refractivity contribution is -0.148. The first-order chi connectivity index (χ1) is 13.9. The molecule has 0 unspecified atom stereocenters. The Morgan fingerprint density at radius 1 is 1.14 bits per heavy atom. The third-order valence-electron chi connectivity index (χ3n) is 3.84. The van der Waals surface area contributed by atoms with E-state index in [1.807, 2.05) is 0 Å². The average molecular weight is 415 g/mol. The van der Waals surface area contributed by atoms with E-state index >= 15 is 0 Å². The molecular weight excluding hydrogens is 396 g/mol. The van der Waals surface area contributed by atoms with Crippen molar-refractivity contribution < 1.29 is 23.8 Å². The topological polar surface area (TPSA) is 97.6 Å². The van der Waals surface area contributed by atoms with Gasteiger partial charge in [-0.05, 0) is 48.9 Å². The van der Waals surface area contributed by atoms with E-state index in [0.717, 1.165) is 0 Å². The number of amides is 1. The van der Waals surface area contributed by atoms with Crippen LogP contribution in [0.5, 0.6) is 11.5 Å². The van der Waals surface area contributed by atoms with E-state index in [-0.39, 0.29) is 5.57 Å². The van der Waals surface area contributed by atoms with Crippen LogP contribution < -0.4 is 14.8 Å². The molecular formula is C21H19ClN2O5. The number of anilines is 1. The summed E-state index contributed by atoms with van der Waals surface area (Å²) >= 11 is 5.93. The highest BCUT2D eigenvalue weighted by Gasteiger charge is 2.21. The number of nitrogens with zero attached hydrogens (tertiary/aromatic N) is 1. The maximum Gasteiger partial charge on any atom is 0.349 e. The molecule has 150 valence electrons. The lowest BCUT2D eigenvalue weighted by atomic mass is 10.1. The lowest BCUT2D eigenvalue weighted by Crippen LogP contribution is -2.30. The van der Waals surface area contributed by atoms with Crippen LogP contribution in [0.1, 0.15) is 12.5 Å². The standard InChI is InChI=1S/C21H19ClN2O5/c1-13(20(25)24-18-11-16(22)6-9-19(18)28-3)29-21(26)15(12-23)10-14-4-7-17(27-2)8-5-14/h4-11,13H,1-3H3,(H,24,25)/b15-10+/t13-/m0/s1. The summed E-state index contributed by atoms with van der Waals surface area (Å²) in [7, 11) is 2.99. The number of hydrogen-bond acceptors (Lipinski definition) is 6. The fourth-order valence-corrected chi connectivity index (χ4v) is 2.47. The molecule has 0 aliphatic heterocycles. The second-order valence-electron chi connectivity index (χ2n) is 5.82. The van der Waals surface area contributed by atoms with Gasteiger partial charge in [0.05, 0.1) is 19.9 Å². The summed E-state index contributed by atoms with van der Waals surface area (Å²) in [5.41, 5.74) is 0.706. The predicted octanol–water partition coefficient (Wildman–Crippen LogP) is 3.83. The third-order valence-corrected chi connectivity index (χ3v) is 4.07. The molecule has 0 aliphatic carbocycles. The number of nitrogens with one attached hydrogen (secondary N) is 1. The Bertz CT molecular complexity index is 964. The van der Waals surface area contributed by atoms with Crippen LogP contribution in [0, 0.1) is 11.3 Å². The van der Waals surface area contributed by atoms with E-state index in [1.165, 1.54) is 33.3 Å². The Balaban J connectivity index is 2.07. The first kappa shape index (κ1) is 21.8. The maximum absolute atomic E-state index is 12.4. The minimum absolute atomic E-state index is 0.241. The average Bonchev–Trinajstić information content (AvgIpc) is 2.72. The highest BCUT2D eigenvalue weighted by Crippen LogP contribution is 2.28. The molecule has 0 bridgehead atoms. The second kappa shape index (κ2) is 10.2. The van der Waals surface area contributed by atoms with Crippen molar-refractivity contribution in [2.45, 2.75) is 13.0 Å². The van der Waals surface area contributed by atoms with Crippen molar-refractivity contribution in [3.8, 4) is 17.6 Å². The summed E-state index contributed by atoms with van der Waals surface area (Å²) in [6, 6.07) is 13.3. The fraction of sp³-hybridized carbons (Fsp3) is 0.190. The number of methoxy groups -OCH3 is 2. The van der Waals surface area contributed by atoms with Gasteiger partial charge in [-0.25, -0.2) is 4.79 Å². The number of nitriles is 1. The number of carbonyl (C=O) groups excluding carboxylic acids is 2. The summed E-state index contributed by atoms with van der Waals surface area (Å²) in [5, 5.41) is 12.3. The van der Waals surface area contributed by atoms with E-state index in [1.54, 1.807) is 42.5 Å². The minimum Gasteiger partial charge on any atom is -0.497 e. The van der Waals surface area contributed by atoms with Gasteiger partial charge < -0.3 is 19.5 Å². The van der Waals surface area contributed by atoms with Gasteiger partial charge >= 0.3 is 5.97 Å². The van der Waals surface area contributed by atoms with Gasteiger partial charge in [-0.15, -0.1) is 0 Å². The first-order valence-electron chi connectivity index (χ1n) is 8.49. The third kappa shape index (κ3) is 5.99. The number of hydrogen-bond donors (Lipinski definition) is 1. The Kier molecular flexibility index (Phi) is 7.63. The summed E-state index contributed by atoms with van der Waals surface area (Å²) in [6.45, 7) is 1.40. The molecule has 1 N–H and O–H groups in total. The van der Waals surface area contributed by atoms with E-state index in [2.05, 4.69) is 5.32 Å². The molecule has 8 heteroatoms. The second-order valence-corrected chi connectivity index (χ2v) is 6.26. The molecule has 1 atom stereocenters. The number of benzene rings is 2. The predicted molar refractivity (Wildman–Crippen MR) is 109 cm³/mol. The summed E-state index contributed by atoms with van der Waals surface area (Å²) < 4.78 is 15.3. The molecule has 0 saturated carbocycles. The van der Waals surface area contributed by atoms with Crippen LogP contribution in [-0.2, 0) is 14.3 Å². The number of ether oxygens (including phenoxy) is 3. The molecule has 0 radical (unpaired) electrons. The van der Waals surface area contributed by atoms with Crippen LogP contribution in [0.3, 0.4) is 0 Å². The van der Waals surface area contributed by atoms with Crippen molar-refractivity contribution in [3.63, 3.8) is 0 Å². The summed E-state index contributed by atoms with van der Waals surface area (Å²) in [6.07, 6.45) is 0.214. The first-order valence-corrected chi connectivity index (χ1v) is 8.87. The highest BCUT2D eigenvalue weighted by atomic mass is 35.5. The van der Waals surface area contributed by atoms with Gasteiger partial charge in [-0.2, -0.15) is 5.26 Å². The summed E-state index contributed by atoms with van der Waals surface area (Å²) in [4.78, 5) is 24.6. The maximum atomic E-state index is 12.4. The smallest absolute Gasteiger partial charge is 0.349 e. The zero-order chi connectivity index (χ0) is 21.4. The molecule has 0 spiro atoms. The van der Waals surface area contributed by atoms with Gasteiger partial charge in [-0.1, -0.05) is 23.7 Å². The van der Waals surface area contributed by atoms with Crippen molar-refractivity contribution in [1.82, 2.24) is 0 Å². The van der Waals surface area contributed by atoms with Crippen molar-refractivity contribution in [1.29, 1.82) is 5.26 Å². The van der Waals surface area contributed by atoms with Crippen LogP contribution in [-0.4, -0.2) is 32.2 Å². The minimum atomic E-state index is -1.15. The molecule has 29 heavy (non-hydrogen) atoms. The quantitative estimate of drug-likeness (QED) is 0.420. The van der Waals surface area contributed by atoms with Crippen LogP contribution in [0.25, 0.3) is 6.08 Å².